The molecular weight excluding hydrogens is 302 g/mol. The Labute approximate surface area is 142 Å². The van der Waals surface area contributed by atoms with Crippen LogP contribution in [0.15, 0.2) is 48.5 Å². The molecule has 1 aliphatic heterocycles. The number of anilines is 1. The number of carbonyl (C=O) groups excluding carboxylic acids is 1. The Hall–Kier alpha value is -2.49. The van der Waals surface area contributed by atoms with Gasteiger partial charge in [0.2, 0.25) is 5.91 Å². The molecule has 0 radical (unpaired) electrons. The number of piperidine rings is 1. The van der Waals surface area contributed by atoms with E-state index in [1.807, 2.05) is 41.3 Å². The number of hydrogen-bond donors (Lipinski definition) is 0. The summed E-state index contributed by atoms with van der Waals surface area (Å²) >= 11 is 0. The van der Waals surface area contributed by atoms with Gasteiger partial charge in [-0.25, -0.2) is 0 Å². The smallest absolute Gasteiger partial charge is 0.230 e. The van der Waals surface area contributed by atoms with Crippen LogP contribution >= 0.6 is 0 Å². The van der Waals surface area contributed by atoms with Crippen molar-refractivity contribution in [1.29, 1.82) is 0 Å². The zero-order valence-corrected chi connectivity index (χ0v) is 13.9. The summed E-state index contributed by atoms with van der Waals surface area (Å²) in [6, 6.07) is 16.2. The Kier molecular flexibility index (Phi) is 3.68. The molecule has 0 spiro atoms. The first-order valence-electron chi connectivity index (χ1n) is 8.32. The van der Waals surface area contributed by atoms with E-state index in [9.17, 15) is 4.79 Å². The molecule has 0 aromatic heterocycles. The number of hydrogen-bond acceptors (Lipinski definition) is 3. The van der Waals surface area contributed by atoms with Crippen LogP contribution in [0.3, 0.4) is 0 Å². The molecule has 3 atom stereocenters. The fraction of sp³-hybridized carbons (Fsp3) is 0.350. The fourth-order valence-corrected chi connectivity index (χ4v) is 4.17. The topological polar surface area (TPSA) is 38.8 Å². The zero-order valence-electron chi connectivity index (χ0n) is 13.9. The van der Waals surface area contributed by atoms with E-state index < -0.39 is 0 Å². The number of ether oxygens (including phenoxy) is 2. The van der Waals surface area contributed by atoms with Crippen LogP contribution in [0.5, 0.6) is 11.5 Å². The molecule has 2 fully saturated rings. The minimum atomic E-state index is 0.123. The molecule has 2 aliphatic rings. The molecule has 2 aromatic rings. The van der Waals surface area contributed by atoms with E-state index in [4.69, 9.17) is 9.47 Å². The number of nitrogens with zero attached hydrogens (tertiary/aromatic N) is 1. The normalized spacial score (nSPS) is 25.2. The quantitative estimate of drug-likeness (QED) is 0.863. The van der Waals surface area contributed by atoms with Gasteiger partial charge in [-0.1, -0.05) is 18.2 Å². The van der Waals surface area contributed by atoms with Crippen LogP contribution in [0.1, 0.15) is 24.3 Å². The minimum Gasteiger partial charge on any atom is -0.497 e. The fourth-order valence-electron chi connectivity index (χ4n) is 4.17. The summed E-state index contributed by atoms with van der Waals surface area (Å²) < 4.78 is 10.7. The Balaban J connectivity index is 1.68. The molecule has 4 nitrogen and oxygen atoms in total. The highest BCUT2D eigenvalue weighted by atomic mass is 16.5. The first kappa shape index (κ1) is 15.1. The summed E-state index contributed by atoms with van der Waals surface area (Å²) in [5.41, 5.74) is 2.18. The maximum atomic E-state index is 12.7. The van der Waals surface area contributed by atoms with Crippen molar-refractivity contribution in [2.75, 3.05) is 19.1 Å². The summed E-state index contributed by atoms with van der Waals surface area (Å²) in [7, 11) is 3.34. The van der Waals surface area contributed by atoms with E-state index >= 15 is 0 Å². The molecular formula is C20H21NO3. The molecule has 1 heterocycles. The molecule has 1 amide bonds. The summed E-state index contributed by atoms with van der Waals surface area (Å²) in [6.45, 7) is 0. The second-order valence-electron chi connectivity index (χ2n) is 6.53. The van der Waals surface area contributed by atoms with Crippen molar-refractivity contribution < 1.29 is 14.3 Å². The van der Waals surface area contributed by atoms with Gasteiger partial charge in [0.05, 0.1) is 14.2 Å². The third-order valence-corrected chi connectivity index (χ3v) is 5.30. The maximum absolute atomic E-state index is 12.7. The third kappa shape index (κ3) is 2.33. The van der Waals surface area contributed by atoms with E-state index in [0.717, 1.165) is 30.0 Å². The summed E-state index contributed by atoms with van der Waals surface area (Å²) in [5, 5.41) is 0. The predicted molar refractivity (Wildman–Crippen MR) is 92.7 cm³/mol. The molecule has 1 aliphatic carbocycles. The second-order valence-corrected chi connectivity index (χ2v) is 6.53. The lowest BCUT2D eigenvalue weighted by molar-refractivity contribution is -0.121. The minimum absolute atomic E-state index is 0.123. The number of fused-ring (bicyclic) bond motifs is 2. The Bertz CT molecular complexity index is 773. The van der Waals surface area contributed by atoms with Crippen LogP contribution in [0.4, 0.5) is 5.69 Å². The number of benzene rings is 2. The van der Waals surface area contributed by atoms with Crippen molar-refractivity contribution >= 4 is 11.6 Å². The molecule has 2 bridgehead atoms. The van der Waals surface area contributed by atoms with Gasteiger partial charge in [-0.15, -0.1) is 0 Å². The highest BCUT2D eigenvalue weighted by Crippen LogP contribution is 2.49. The van der Waals surface area contributed by atoms with Crippen LogP contribution in [0.2, 0.25) is 0 Å². The maximum Gasteiger partial charge on any atom is 0.230 e. The van der Waals surface area contributed by atoms with Crippen molar-refractivity contribution in [2.24, 2.45) is 5.92 Å². The highest BCUT2D eigenvalue weighted by molar-refractivity contribution is 5.99. The van der Waals surface area contributed by atoms with Gasteiger partial charge in [-0.05, 0) is 42.7 Å². The number of carbonyl (C=O) groups is 1. The molecule has 1 saturated heterocycles. The monoisotopic (exact) mass is 323 g/mol. The van der Waals surface area contributed by atoms with Crippen LogP contribution in [0.25, 0.3) is 0 Å². The van der Waals surface area contributed by atoms with Crippen molar-refractivity contribution in [3.63, 3.8) is 0 Å². The summed E-state index contributed by atoms with van der Waals surface area (Å²) in [4.78, 5) is 14.7. The lowest BCUT2D eigenvalue weighted by Crippen LogP contribution is -2.41. The van der Waals surface area contributed by atoms with E-state index in [2.05, 4.69) is 12.1 Å². The Morgan fingerprint density at radius 2 is 1.67 bits per heavy atom. The largest absolute Gasteiger partial charge is 0.497 e. The van der Waals surface area contributed by atoms with E-state index in [1.54, 1.807) is 14.2 Å². The van der Waals surface area contributed by atoms with Crippen molar-refractivity contribution in [3.8, 4) is 11.5 Å². The van der Waals surface area contributed by atoms with Gasteiger partial charge in [-0.2, -0.15) is 0 Å². The van der Waals surface area contributed by atoms with Crippen molar-refractivity contribution in [1.82, 2.24) is 0 Å². The lowest BCUT2D eigenvalue weighted by atomic mass is 9.89. The molecule has 4 rings (SSSR count). The molecule has 2 aromatic carbocycles. The van der Waals surface area contributed by atoms with Gasteiger partial charge < -0.3 is 14.4 Å². The van der Waals surface area contributed by atoms with Gasteiger partial charge in [0.15, 0.2) is 0 Å². The van der Waals surface area contributed by atoms with Gasteiger partial charge in [0, 0.05) is 29.6 Å². The van der Waals surface area contributed by atoms with E-state index in [-0.39, 0.29) is 17.9 Å². The van der Waals surface area contributed by atoms with Crippen LogP contribution in [-0.2, 0) is 4.79 Å². The van der Waals surface area contributed by atoms with Crippen molar-refractivity contribution in [3.05, 3.63) is 54.1 Å². The standard InChI is InChI=1S/C20H21NO3/c1-23-16-7-3-5-13(9-16)18-10-14-11-19(18)21(20(14)22)15-6-4-8-17(12-15)24-2/h3-9,12,14,18-19H,10-11H2,1-2H3/t14-,18+,19-/m0/s1. The number of rotatable bonds is 4. The third-order valence-electron chi connectivity index (χ3n) is 5.30. The number of methoxy groups -OCH3 is 2. The van der Waals surface area contributed by atoms with Crippen LogP contribution in [0, 0.1) is 5.92 Å². The van der Waals surface area contributed by atoms with Gasteiger partial charge in [0.25, 0.3) is 0 Å². The average molecular weight is 323 g/mol. The predicted octanol–water partition coefficient (Wildman–Crippen LogP) is 3.61. The van der Waals surface area contributed by atoms with Gasteiger partial charge >= 0.3 is 0 Å². The van der Waals surface area contributed by atoms with Gasteiger partial charge in [0.1, 0.15) is 11.5 Å². The van der Waals surface area contributed by atoms with Crippen molar-refractivity contribution in [2.45, 2.75) is 24.8 Å². The van der Waals surface area contributed by atoms with Crippen LogP contribution < -0.4 is 14.4 Å². The number of amides is 1. The average Bonchev–Trinajstić information content (AvgIpc) is 3.20. The molecule has 1 saturated carbocycles. The molecule has 124 valence electrons. The SMILES string of the molecule is COc1cccc([C@H]2C[C@H]3C[C@@H]2N(c2cccc(OC)c2)C3=O)c1. The Morgan fingerprint density at radius 3 is 2.38 bits per heavy atom. The first-order valence-corrected chi connectivity index (χ1v) is 8.32. The molecule has 0 N–H and O–H groups in total. The Morgan fingerprint density at radius 1 is 0.958 bits per heavy atom. The van der Waals surface area contributed by atoms with Gasteiger partial charge in [-0.3, -0.25) is 4.79 Å². The second kappa shape index (κ2) is 5.86. The van der Waals surface area contributed by atoms with E-state index in [0.29, 0.717) is 5.92 Å². The highest BCUT2D eigenvalue weighted by Gasteiger charge is 2.51. The lowest BCUT2D eigenvalue weighted by Gasteiger charge is -2.33. The van der Waals surface area contributed by atoms with Crippen LogP contribution in [-0.4, -0.2) is 26.2 Å². The molecule has 24 heavy (non-hydrogen) atoms. The van der Waals surface area contributed by atoms with E-state index in [1.165, 1.54) is 5.56 Å². The summed E-state index contributed by atoms with van der Waals surface area (Å²) in [6.07, 6.45) is 1.86. The zero-order chi connectivity index (χ0) is 16.7. The first-order chi connectivity index (χ1) is 11.7. The molecule has 0 unspecified atom stereocenters. The summed E-state index contributed by atoms with van der Waals surface area (Å²) in [5.74, 6) is 2.37. The molecule has 4 heteroatoms.